The summed E-state index contributed by atoms with van der Waals surface area (Å²) in [6, 6.07) is 5.56. The van der Waals surface area contributed by atoms with Gasteiger partial charge in [-0.1, -0.05) is 11.8 Å². The first-order chi connectivity index (χ1) is 9.22. The molecule has 0 radical (unpaired) electrons. The van der Waals surface area contributed by atoms with E-state index in [4.69, 9.17) is 9.84 Å². The minimum absolute atomic E-state index is 0.0547. The minimum Gasteiger partial charge on any atom is -0.497 e. The molecule has 0 aliphatic heterocycles. The van der Waals surface area contributed by atoms with Crippen LogP contribution in [0.25, 0.3) is 11.0 Å². The molecule has 0 atom stereocenters. The molecule has 7 heteroatoms. The Bertz CT molecular complexity index is 570. The van der Waals surface area contributed by atoms with Crippen molar-refractivity contribution >= 4 is 28.7 Å². The molecule has 2 aromatic rings. The number of benzene rings is 1. The molecular weight excluding hydrogens is 266 g/mol. The van der Waals surface area contributed by atoms with Crippen LogP contribution in [0.1, 0.15) is 0 Å². The molecule has 0 aliphatic rings. The fourth-order valence-corrected chi connectivity index (χ4v) is 2.26. The Balaban J connectivity index is 1.99. The SMILES string of the molecule is COc1ccc2nc(SCC(=O)NCCO)[nH]c2c1. The molecule has 102 valence electrons. The second kappa shape index (κ2) is 6.44. The molecule has 0 fully saturated rings. The summed E-state index contributed by atoms with van der Waals surface area (Å²) in [5.74, 6) is 0.891. The lowest BCUT2D eigenvalue weighted by Crippen LogP contribution is -2.27. The van der Waals surface area contributed by atoms with E-state index in [1.165, 1.54) is 11.8 Å². The normalized spacial score (nSPS) is 10.6. The Morgan fingerprint density at radius 3 is 3.16 bits per heavy atom. The number of methoxy groups -OCH3 is 1. The maximum absolute atomic E-state index is 11.4. The second-order valence-corrected chi connectivity index (χ2v) is 4.75. The molecule has 0 unspecified atom stereocenters. The van der Waals surface area contributed by atoms with Gasteiger partial charge in [-0.15, -0.1) is 0 Å². The van der Waals surface area contributed by atoms with Gasteiger partial charge in [0.1, 0.15) is 5.75 Å². The second-order valence-electron chi connectivity index (χ2n) is 3.79. The number of ether oxygens (including phenoxy) is 1. The van der Waals surface area contributed by atoms with Gasteiger partial charge in [-0.3, -0.25) is 4.79 Å². The van der Waals surface area contributed by atoms with Crippen molar-refractivity contribution in [1.82, 2.24) is 15.3 Å². The predicted molar refractivity (Wildman–Crippen MR) is 73.5 cm³/mol. The number of carbonyl (C=O) groups is 1. The van der Waals surface area contributed by atoms with Crippen LogP contribution in [-0.4, -0.2) is 47.0 Å². The van der Waals surface area contributed by atoms with Crippen molar-refractivity contribution in [3.05, 3.63) is 18.2 Å². The maximum atomic E-state index is 11.4. The number of hydrogen-bond donors (Lipinski definition) is 3. The van der Waals surface area contributed by atoms with E-state index >= 15 is 0 Å². The van der Waals surface area contributed by atoms with Crippen LogP contribution >= 0.6 is 11.8 Å². The van der Waals surface area contributed by atoms with Gasteiger partial charge >= 0.3 is 0 Å². The van der Waals surface area contributed by atoms with Gasteiger partial charge in [0.05, 0.1) is 30.5 Å². The molecule has 0 bridgehead atoms. The Labute approximate surface area is 114 Å². The lowest BCUT2D eigenvalue weighted by atomic mass is 10.3. The van der Waals surface area contributed by atoms with E-state index < -0.39 is 0 Å². The van der Waals surface area contributed by atoms with E-state index in [0.717, 1.165) is 16.8 Å². The monoisotopic (exact) mass is 281 g/mol. The lowest BCUT2D eigenvalue weighted by molar-refractivity contribution is -0.118. The van der Waals surface area contributed by atoms with Crippen molar-refractivity contribution in [1.29, 1.82) is 0 Å². The summed E-state index contributed by atoms with van der Waals surface area (Å²) >= 11 is 1.32. The van der Waals surface area contributed by atoms with Gasteiger partial charge in [0, 0.05) is 12.6 Å². The zero-order valence-electron chi connectivity index (χ0n) is 10.5. The summed E-state index contributed by atoms with van der Waals surface area (Å²) in [5, 5.41) is 11.9. The number of imidazole rings is 1. The highest BCUT2D eigenvalue weighted by atomic mass is 32.2. The quantitative estimate of drug-likeness (QED) is 0.681. The van der Waals surface area contributed by atoms with Crippen LogP contribution in [0.2, 0.25) is 0 Å². The average Bonchev–Trinajstić information content (AvgIpc) is 2.84. The third-order valence-corrected chi connectivity index (χ3v) is 3.31. The van der Waals surface area contributed by atoms with Crippen LogP contribution in [0.5, 0.6) is 5.75 Å². The number of thioether (sulfide) groups is 1. The van der Waals surface area contributed by atoms with Crippen molar-refractivity contribution in [3.8, 4) is 5.75 Å². The number of carbonyl (C=O) groups excluding carboxylic acids is 1. The minimum atomic E-state index is -0.128. The topological polar surface area (TPSA) is 87.2 Å². The van der Waals surface area contributed by atoms with Crippen LogP contribution < -0.4 is 10.1 Å². The first-order valence-electron chi connectivity index (χ1n) is 5.77. The van der Waals surface area contributed by atoms with Crippen LogP contribution in [0.4, 0.5) is 0 Å². The molecule has 0 saturated carbocycles. The van der Waals surface area contributed by atoms with E-state index in [9.17, 15) is 4.79 Å². The van der Waals surface area contributed by atoms with Crippen LogP contribution in [0.3, 0.4) is 0 Å². The number of hydrogen-bond acceptors (Lipinski definition) is 5. The van der Waals surface area contributed by atoms with E-state index in [0.29, 0.717) is 5.16 Å². The average molecular weight is 281 g/mol. The highest BCUT2D eigenvalue weighted by Gasteiger charge is 2.07. The largest absolute Gasteiger partial charge is 0.497 e. The van der Waals surface area contributed by atoms with Crippen molar-refractivity contribution in [2.75, 3.05) is 26.0 Å². The maximum Gasteiger partial charge on any atom is 0.230 e. The summed E-state index contributed by atoms with van der Waals surface area (Å²) in [7, 11) is 1.61. The Hall–Kier alpha value is -1.73. The van der Waals surface area contributed by atoms with Gasteiger partial charge in [-0.25, -0.2) is 4.98 Å². The summed E-state index contributed by atoms with van der Waals surface area (Å²) in [6.45, 7) is 0.220. The molecule has 2 rings (SSSR count). The third kappa shape index (κ3) is 3.62. The molecule has 0 saturated heterocycles. The van der Waals surface area contributed by atoms with Crippen LogP contribution in [0, 0.1) is 0 Å². The number of aromatic nitrogens is 2. The first kappa shape index (κ1) is 13.7. The number of rotatable bonds is 6. The van der Waals surface area contributed by atoms with Crippen molar-refractivity contribution < 1.29 is 14.6 Å². The molecule has 1 aromatic carbocycles. The molecule has 1 heterocycles. The number of H-pyrrole nitrogens is 1. The Morgan fingerprint density at radius 1 is 1.58 bits per heavy atom. The fourth-order valence-electron chi connectivity index (χ4n) is 1.54. The summed E-state index contributed by atoms with van der Waals surface area (Å²) in [5.41, 5.74) is 1.71. The van der Waals surface area contributed by atoms with Gasteiger partial charge < -0.3 is 20.1 Å². The number of aliphatic hydroxyl groups is 1. The Morgan fingerprint density at radius 2 is 2.42 bits per heavy atom. The van der Waals surface area contributed by atoms with Gasteiger partial charge in [0.25, 0.3) is 0 Å². The first-order valence-corrected chi connectivity index (χ1v) is 6.75. The van der Waals surface area contributed by atoms with E-state index in [-0.39, 0.29) is 24.8 Å². The zero-order valence-corrected chi connectivity index (χ0v) is 11.3. The fraction of sp³-hybridized carbons (Fsp3) is 0.333. The van der Waals surface area contributed by atoms with Crippen molar-refractivity contribution in [3.63, 3.8) is 0 Å². The summed E-state index contributed by atoms with van der Waals surface area (Å²) < 4.78 is 5.13. The number of nitrogens with one attached hydrogen (secondary N) is 2. The number of aromatic amines is 1. The van der Waals surface area contributed by atoms with Gasteiger partial charge in [-0.2, -0.15) is 0 Å². The van der Waals surface area contributed by atoms with Crippen LogP contribution in [0.15, 0.2) is 23.4 Å². The van der Waals surface area contributed by atoms with Gasteiger partial charge in [-0.05, 0) is 12.1 Å². The summed E-state index contributed by atoms with van der Waals surface area (Å²) in [4.78, 5) is 18.9. The number of fused-ring (bicyclic) bond motifs is 1. The van der Waals surface area contributed by atoms with Gasteiger partial charge in [0.2, 0.25) is 5.91 Å². The molecular formula is C12H15N3O3S. The highest BCUT2D eigenvalue weighted by molar-refractivity contribution is 7.99. The molecule has 0 spiro atoms. The van der Waals surface area contributed by atoms with E-state index in [1.54, 1.807) is 7.11 Å². The third-order valence-electron chi connectivity index (χ3n) is 2.44. The molecule has 19 heavy (non-hydrogen) atoms. The number of amides is 1. The van der Waals surface area contributed by atoms with Crippen molar-refractivity contribution in [2.24, 2.45) is 0 Å². The highest BCUT2D eigenvalue weighted by Crippen LogP contribution is 2.22. The van der Waals surface area contributed by atoms with Gasteiger partial charge in [0.15, 0.2) is 5.16 Å². The molecule has 6 nitrogen and oxygen atoms in total. The molecule has 0 aliphatic carbocycles. The number of nitrogens with zero attached hydrogens (tertiary/aromatic N) is 1. The predicted octanol–water partition coefficient (Wildman–Crippen LogP) is 0.772. The van der Waals surface area contributed by atoms with E-state index in [1.807, 2.05) is 18.2 Å². The summed E-state index contributed by atoms with van der Waals surface area (Å²) in [6.07, 6.45) is 0. The molecule has 1 amide bonds. The van der Waals surface area contributed by atoms with E-state index in [2.05, 4.69) is 15.3 Å². The smallest absolute Gasteiger partial charge is 0.230 e. The van der Waals surface area contributed by atoms with Crippen molar-refractivity contribution in [2.45, 2.75) is 5.16 Å². The number of aliphatic hydroxyl groups excluding tert-OH is 1. The standard InChI is InChI=1S/C12H15N3O3S/c1-18-8-2-3-9-10(6-8)15-12(14-9)19-7-11(17)13-4-5-16/h2-3,6,16H,4-5,7H2,1H3,(H,13,17)(H,14,15). The zero-order chi connectivity index (χ0) is 13.7. The Kier molecular flexibility index (Phi) is 4.64. The van der Waals surface area contributed by atoms with Crippen LogP contribution in [-0.2, 0) is 4.79 Å². The molecule has 3 N–H and O–H groups in total. The molecule has 1 aromatic heterocycles. The lowest BCUT2D eigenvalue weighted by Gasteiger charge is -2.00.